The Kier molecular flexibility index (Phi) is 4.74. The van der Waals surface area contributed by atoms with Crippen molar-refractivity contribution in [3.05, 3.63) is 41.5 Å². The molecule has 0 radical (unpaired) electrons. The van der Waals surface area contributed by atoms with E-state index in [4.69, 9.17) is 4.65 Å². The van der Waals surface area contributed by atoms with Crippen LogP contribution in [0.2, 0.25) is 11.6 Å². The van der Waals surface area contributed by atoms with Crippen molar-refractivity contribution in [1.29, 1.82) is 0 Å². The number of halogens is 3. The first kappa shape index (κ1) is 16.5. The zero-order valence-corrected chi connectivity index (χ0v) is 13.4. The molecule has 2 heterocycles. The van der Waals surface area contributed by atoms with Crippen molar-refractivity contribution >= 4 is 12.7 Å². The van der Waals surface area contributed by atoms with E-state index in [9.17, 15) is 13.2 Å². The van der Waals surface area contributed by atoms with Gasteiger partial charge in [0.1, 0.15) is 5.76 Å². The summed E-state index contributed by atoms with van der Waals surface area (Å²) in [4.78, 5) is 0. The number of benzene rings is 1. The molecule has 2 fully saturated rings. The van der Waals surface area contributed by atoms with Gasteiger partial charge in [0, 0.05) is 5.56 Å². The monoisotopic (exact) mass is 322 g/mol. The van der Waals surface area contributed by atoms with Crippen LogP contribution in [-0.2, 0) is 10.8 Å². The van der Waals surface area contributed by atoms with Crippen LogP contribution in [-0.4, -0.2) is 6.92 Å². The lowest BCUT2D eigenvalue weighted by molar-refractivity contribution is -0.137. The number of alkyl halides is 3. The fraction of sp³-hybridized carbons (Fsp3) is 0.556. The Morgan fingerprint density at radius 1 is 1.04 bits per heavy atom. The average molecular weight is 322 g/mol. The SMILES string of the molecule is C/C=C(\OB1C2CCCC1CCC2)c1ccc(C(F)(F)F)cc1. The number of hydrogen-bond donors (Lipinski definition) is 0. The summed E-state index contributed by atoms with van der Waals surface area (Å²) in [5, 5.41) is 0. The topological polar surface area (TPSA) is 9.23 Å². The van der Waals surface area contributed by atoms with E-state index in [0.29, 0.717) is 17.4 Å². The molecule has 0 saturated carbocycles. The third-order valence-electron chi connectivity index (χ3n) is 5.25. The number of rotatable bonds is 3. The van der Waals surface area contributed by atoms with Gasteiger partial charge in [0.05, 0.1) is 5.56 Å². The van der Waals surface area contributed by atoms with E-state index >= 15 is 0 Å². The first-order valence-electron chi connectivity index (χ1n) is 8.49. The summed E-state index contributed by atoms with van der Waals surface area (Å²) in [6.07, 6.45) is 4.98. The summed E-state index contributed by atoms with van der Waals surface area (Å²) in [5.74, 6) is 1.92. The second-order valence-corrected chi connectivity index (χ2v) is 6.69. The molecule has 0 aliphatic carbocycles. The second-order valence-electron chi connectivity index (χ2n) is 6.69. The van der Waals surface area contributed by atoms with Crippen molar-refractivity contribution < 1.29 is 17.8 Å². The molecule has 0 amide bonds. The molecule has 0 N–H and O–H groups in total. The van der Waals surface area contributed by atoms with Gasteiger partial charge in [0.15, 0.2) is 0 Å². The number of hydrogen-bond acceptors (Lipinski definition) is 1. The molecule has 2 aliphatic rings. The minimum atomic E-state index is -4.30. The molecule has 2 bridgehead atoms. The summed E-state index contributed by atoms with van der Waals surface area (Å²) in [7, 11) is 0. The van der Waals surface area contributed by atoms with Crippen LogP contribution in [0.5, 0.6) is 0 Å². The maximum atomic E-state index is 12.7. The Balaban J connectivity index is 1.75. The van der Waals surface area contributed by atoms with E-state index in [1.807, 2.05) is 13.0 Å². The van der Waals surface area contributed by atoms with E-state index in [2.05, 4.69) is 0 Å². The smallest absolute Gasteiger partial charge is 0.416 e. The molecule has 0 aromatic heterocycles. The van der Waals surface area contributed by atoms with E-state index in [0.717, 1.165) is 17.7 Å². The van der Waals surface area contributed by atoms with Gasteiger partial charge in [-0.15, -0.1) is 0 Å². The molecule has 5 heteroatoms. The van der Waals surface area contributed by atoms with Crippen molar-refractivity contribution in [3.63, 3.8) is 0 Å². The van der Waals surface area contributed by atoms with Gasteiger partial charge in [0.25, 0.3) is 0 Å². The maximum Gasteiger partial charge on any atom is 0.416 e. The van der Waals surface area contributed by atoms with Crippen molar-refractivity contribution in [2.75, 3.05) is 0 Å². The summed E-state index contributed by atoms with van der Waals surface area (Å²) in [6, 6.07) is 5.28. The molecular weight excluding hydrogens is 300 g/mol. The van der Waals surface area contributed by atoms with Gasteiger partial charge in [-0.1, -0.05) is 50.7 Å². The Morgan fingerprint density at radius 2 is 1.57 bits per heavy atom. The van der Waals surface area contributed by atoms with Crippen LogP contribution in [0.1, 0.15) is 56.6 Å². The quantitative estimate of drug-likeness (QED) is 0.477. The van der Waals surface area contributed by atoms with Crippen LogP contribution in [0.15, 0.2) is 30.3 Å². The minimum absolute atomic E-state index is 0.228. The van der Waals surface area contributed by atoms with Gasteiger partial charge >= 0.3 is 13.1 Å². The van der Waals surface area contributed by atoms with Crippen molar-refractivity contribution in [2.45, 2.75) is 63.3 Å². The van der Waals surface area contributed by atoms with Gasteiger partial charge in [-0.2, -0.15) is 13.2 Å². The third-order valence-corrected chi connectivity index (χ3v) is 5.25. The summed E-state index contributed by atoms with van der Waals surface area (Å²) >= 11 is 0. The third kappa shape index (κ3) is 3.59. The van der Waals surface area contributed by atoms with E-state index < -0.39 is 11.7 Å². The molecule has 124 valence electrons. The van der Waals surface area contributed by atoms with Crippen LogP contribution in [0.3, 0.4) is 0 Å². The summed E-state index contributed by atoms with van der Waals surface area (Å²) < 4.78 is 44.4. The number of fused-ring (bicyclic) bond motifs is 2. The largest absolute Gasteiger partial charge is 0.560 e. The van der Waals surface area contributed by atoms with Gasteiger partial charge in [0.2, 0.25) is 0 Å². The highest BCUT2D eigenvalue weighted by atomic mass is 19.4. The molecule has 2 saturated heterocycles. The van der Waals surface area contributed by atoms with Crippen molar-refractivity contribution in [3.8, 4) is 0 Å². The first-order chi connectivity index (χ1) is 11.0. The molecule has 1 nitrogen and oxygen atoms in total. The first-order valence-corrected chi connectivity index (χ1v) is 8.49. The zero-order chi connectivity index (χ0) is 16.4. The van der Waals surface area contributed by atoms with Gasteiger partial charge in [-0.05, 0) is 36.8 Å². The minimum Gasteiger partial charge on any atom is -0.560 e. The highest BCUT2D eigenvalue weighted by molar-refractivity contribution is 6.57. The fourth-order valence-electron chi connectivity index (χ4n) is 4.08. The highest BCUT2D eigenvalue weighted by Crippen LogP contribution is 2.47. The molecule has 1 aromatic carbocycles. The lowest BCUT2D eigenvalue weighted by atomic mass is 9.38. The molecule has 0 unspecified atom stereocenters. The predicted molar refractivity (Wildman–Crippen MR) is 87.1 cm³/mol. The standard InChI is InChI=1S/C18H22BF3O/c1-2-17(13-9-11-14(12-10-13)18(20,21)22)23-19-15-5-3-6-16(19)8-4-7-15/h2,9-12,15-16H,3-8H2,1H3/b17-2-. The Bertz CT molecular complexity index is 543. The van der Waals surface area contributed by atoms with Crippen LogP contribution >= 0.6 is 0 Å². The predicted octanol–water partition coefficient (Wildman–Crippen LogP) is 6.18. The lowest BCUT2D eigenvalue weighted by Gasteiger charge is -2.39. The molecule has 0 spiro atoms. The molecule has 0 atom stereocenters. The molecule has 23 heavy (non-hydrogen) atoms. The van der Waals surface area contributed by atoms with Gasteiger partial charge in [-0.25, -0.2) is 0 Å². The number of allylic oxidation sites excluding steroid dienone is 1. The Labute approximate surface area is 136 Å². The van der Waals surface area contributed by atoms with Crippen molar-refractivity contribution in [1.82, 2.24) is 0 Å². The summed E-state index contributed by atoms with van der Waals surface area (Å²) in [6.45, 7) is 2.11. The van der Waals surface area contributed by atoms with Crippen molar-refractivity contribution in [2.24, 2.45) is 0 Å². The van der Waals surface area contributed by atoms with Crippen LogP contribution in [0, 0.1) is 0 Å². The zero-order valence-electron chi connectivity index (χ0n) is 13.4. The normalized spacial score (nSPS) is 25.4. The maximum absolute atomic E-state index is 12.7. The second kappa shape index (κ2) is 6.62. The van der Waals surface area contributed by atoms with Gasteiger partial charge < -0.3 is 4.65 Å². The van der Waals surface area contributed by atoms with E-state index in [1.165, 1.54) is 50.7 Å². The fourth-order valence-corrected chi connectivity index (χ4v) is 4.08. The average Bonchev–Trinajstić information content (AvgIpc) is 2.51. The molecule has 3 rings (SSSR count). The van der Waals surface area contributed by atoms with E-state index in [1.54, 1.807) is 0 Å². The molecule has 2 aliphatic heterocycles. The Morgan fingerprint density at radius 3 is 2.00 bits per heavy atom. The van der Waals surface area contributed by atoms with Crippen LogP contribution in [0.4, 0.5) is 13.2 Å². The lowest BCUT2D eigenvalue weighted by Crippen LogP contribution is -2.36. The van der Waals surface area contributed by atoms with Gasteiger partial charge in [-0.3, -0.25) is 0 Å². The summed E-state index contributed by atoms with van der Waals surface area (Å²) in [5.41, 5.74) is 0.107. The Hall–Kier alpha value is -1.39. The highest BCUT2D eigenvalue weighted by Gasteiger charge is 2.43. The van der Waals surface area contributed by atoms with E-state index in [-0.39, 0.29) is 6.92 Å². The molecular formula is C18H22BF3O. The molecule has 1 aromatic rings. The van der Waals surface area contributed by atoms with Crippen LogP contribution in [0.25, 0.3) is 5.76 Å². The van der Waals surface area contributed by atoms with Crippen LogP contribution < -0.4 is 0 Å².